The summed E-state index contributed by atoms with van der Waals surface area (Å²) in [4.78, 5) is 0. The first-order valence-corrected chi connectivity index (χ1v) is 5.91. The van der Waals surface area contributed by atoms with E-state index in [1.807, 2.05) is 0 Å². The minimum atomic E-state index is 0.0762. The summed E-state index contributed by atoms with van der Waals surface area (Å²) < 4.78 is 5.50. The van der Waals surface area contributed by atoms with Crippen molar-refractivity contribution in [2.75, 3.05) is 19.8 Å². The van der Waals surface area contributed by atoms with Gasteiger partial charge < -0.3 is 9.84 Å². The van der Waals surface area contributed by atoms with E-state index in [9.17, 15) is 5.11 Å². The minimum absolute atomic E-state index is 0.0762. The van der Waals surface area contributed by atoms with Crippen molar-refractivity contribution in [2.24, 2.45) is 11.3 Å². The van der Waals surface area contributed by atoms with Gasteiger partial charge in [-0.2, -0.15) is 0 Å². The van der Waals surface area contributed by atoms with Crippen LogP contribution in [-0.2, 0) is 4.74 Å². The number of ether oxygens (including phenoxy) is 1. The van der Waals surface area contributed by atoms with Crippen LogP contribution in [-0.4, -0.2) is 24.9 Å². The number of aliphatic hydroxyl groups excluding tert-OH is 1. The Kier molecular flexibility index (Phi) is 4.90. The maximum atomic E-state index is 9.48. The molecule has 2 nitrogen and oxygen atoms in total. The Bertz CT molecular complexity index is 150. The molecule has 0 radical (unpaired) electrons. The van der Waals surface area contributed by atoms with Crippen molar-refractivity contribution in [2.45, 2.75) is 46.0 Å². The van der Waals surface area contributed by atoms with Crippen molar-refractivity contribution in [3.63, 3.8) is 0 Å². The lowest BCUT2D eigenvalue weighted by Crippen LogP contribution is -2.36. The lowest BCUT2D eigenvalue weighted by Gasteiger charge is -2.37. The molecule has 84 valence electrons. The third-order valence-corrected chi connectivity index (χ3v) is 3.30. The van der Waals surface area contributed by atoms with Crippen LogP contribution in [0.25, 0.3) is 0 Å². The van der Waals surface area contributed by atoms with Gasteiger partial charge in [-0.05, 0) is 25.2 Å². The van der Waals surface area contributed by atoms with E-state index >= 15 is 0 Å². The Morgan fingerprint density at radius 1 is 1.50 bits per heavy atom. The van der Waals surface area contributed by atoms with Crippen LogP contribution in [0.4, 0.5) is 0 Å². The first-order valence-electron chi connectivity index (χ1n) is 5.91. The molecule has 0 aromatic carbocycles. The van der Waals surface area contributed by atoms with Crippen molar-refractivity contribution in [3.8, 4) is 0 Å². The second kappa shape index (κ2) is 5.72. The predicted octanol–water partition coefficient (Wildman–Crippen LogP) is 2.60. The molecule has 14 heavy (non-hydrogen) atoms. The van der Waals surface area contributed by atoms with Crippen LogP contribution >= 0.6 is 0 Å². The van der Waals surface area contributed by atoms with Gasteiger partial charge in [-0.25, -0.2) is 0 Å². The SMILES string of the molecule is CCCC(C)CC1(CO)CCCOC1. The first-order chi connectivity index (χ1) is 6.72. The van der Waals surface area contributed by atoms with Crippen LogP contribution in [0, 0.1) is 11.3 Å². The zero-order valence-corrected chi connectivity index (χ0v) is 9.59. The van der Waals surface area contributed by atoms with Crippen LogP contribution < -0.4 is 0 Å². The van der Waals surface area contributed by atoms with Crippen molar-refractivity contribution in [1.29, 1.82) is 0 Å². The van der Waals surface area contributed by atoms with Gasteiger partial charge in [0.25, 0.3) is 0 Å². The lowest BCUT2D eigenvalue weighted by molar-refractivity contribution is -0.0504. The topological polar surface area (TPSA) is 29.5 Å². The smallest absolute Gasteiger partial charge is 0.0544 e. The van der Waals surface area contributed by atoms with Crippen LogP contribution in [0.5, 0.6) is 0 Å². The van der Waals surface area contributed by atoms with E-state index in [0.717, 1.165) is 32.5 Å². The molecule has 1 rings (SSSR count). The van der Waals surface area contributed by atoms with E-state index < -0.39 is 0 Å². The summed E-state index contributed by atoms with van der Waals surface area (Å²) >= 11 is 0. The van der Waals surface area contributed by atoms with Gasteiger partial charge in [0, 0.05) is 12.0 Å². The Hall–Kier alpha value is -0.0800. The molecule has 2 atom stereocenters. The van der Waals surface area contributed by atoms with E-state index in [1.165, 1.54) is 12.8 Å². The molecule has 1 saturated heterocycles. The Balaban J connectivity index is 2.42. The van der Waals surface area contributed by atoms with Crippen LogP contribution in [0.3, 0.4) is 0 Å². The largest absolute Gasteiger partial charge is 0.396 e. The maximum Gasteiger partial charge on any atom is 0.0544 e. The summed E-state index contributed by atoms with van der Waals surface area (Å²) in [6, 6.07) is 0. The zero-order chi connectivity index (χ0) is 10.4. The molecule has 2 unspecified atom stereocenters. The summed E-state index contributed by atoms with van der Waals surface area (Å²) in [5.41, 5.74) is 0.0762. The summed E-state index contributed by atoms with van der Waals surface area (Å²) in [6.45, 7) is 6.44. The summed E-state index contributed by atoms with van der Waals surface area (Å²) in [5.74, 6) is 0.717. The molecular formula is C12H24O2. The van der Waals surface area contributed by atoms with Gasteiger partial charge in [0.1, 0.15) is 0 Å². The monoisotopic (exact) mass is 200 g/mol. The molecule has 0 aliphatic carbocycles. The van der Waals surface area contributed by atoms with Crippen molar-refractivity contribution >= 4 is 0 Å². The second-order valence-corrected chi connectivity index (χ2v) is 4.91. The van der Waals surface area contributed by atoms with E-state index in [4.69, 9.17) is 4.74 Å². The minimum Gasteiger partial charge on any atom is -0.396 e. The van der Waals surface area contributed by atoms with Crippen LogP contribution in [0.2, 0.25) is 0 Å². The predicted molar refractivity (Wildman–Crippen MR) is 58.3 cm³/mol. The molecule has 1 heterocycles. The number of hydrogen-bond donors (Lipinski definition) is 1. The average Bonchev–Trinajstić information content (AvgIpc) is 2.19. The molecule has 0 spiro atoms. The van der Waals surface area contributed by atoms with Crippen molar-refractivity contribution in [3.05, 3.63) is 0 Å². The fourth-order valence-corrected chi connectivity index (χ4v) is 2.59. The molecule has 1 aliphatic rings. The van der Waals surface area contributed by atoms with Crippen LogP contribution in [0.15, 0.2) is 0 Å². The molecule has 1 aliphatic heterocycles. The molecular weight excluding hydrogens is 176 g/mol. The highest BCUT2D eigenvalue weighted by Gasteiger charge is 2.33. The highest BCUT2D eigenvalue weighted by Crippen LogP contribution is 2.35. The fourth-order valence-electron chi connectivity index (χ4n) is 2.59. The van der Waals surface area contributed by atoms with Gasteiger partial charge in [0.15, 0.2) is 0 Å². The van der Waals surface area contributed by atoms with Gasteiger partial charge in [-0.15, -0.1) is 0 Å². The van der Waals surface area contributed by atoms with Gasteiger partial charge in [-0.3, -0.25) is 0 Å². The highest BCUT2D eigenvalue weighted by atomic mass is 16.5. The fraction of sp³-hybridized carbons (Fsp3) is 1.00. The third kappa shape index (κ3) is 3.25. The summed E-state index contributed by atoms with van der Waals surface area (Å²) in [5, 5.41) is 9.48. The molecule has 0 bridgehead atoms. The molecule has 0 amide bonds. The Labute approximate surface area is 87.7 Å². The van der Waals surface area contributed by atoms with E-state index in [2.05, 4.69) is 13.8 Å². The number of aliphatic hydroxyl groups is 1. The molecule has 1 N–H and O–H groups in total. The second-order valence-electron chi connectivity index (χ2n) is 4.91. The molecule has 0 saturated carbocycles. The van der Waals surface area contributed by atoms with Gasteiger partial charge in [-0.1, -0.05) is 26.7 Å². The van der Waals surface area contributed by atoms with E-state index in [1.54, 1.807) is 0 Å². The van der Waals surface area contributed by atoms with Gasteiger partial charge in [0.05, 0.1) is 13.2 Å². The van der Waals surface area contributed by atoms with Crippen molar-refractivity contribution in [1.82, 2.24) is 0 Å². The van der Waals surface area contributed by atoms with E-state index in [0.29, 0.717) is 12.5 Å². The molecule has 0 aromatic heterocycles. The van der Waals surface area contributed by atoms with E-state index in [-0.39, 0.29) is 5.41 Å². The average molecular weight is 200 g/mol. The molecule has 1 fully saturated rings. The van der Waals surface area contributed by atoms with Gasteiger partial charge in [0.2, 0.25) is 0 Å². The Morgan fingerprint density at radius 2 is 2.29 bits per heavy atom. The quantitative estimate of drug-likeness (QED) is 0.739. The first kappa shape index (κ1) is 12.0. The normalized spacial score (nSPS) is 30.2. The number of hydrogen-bond acceptors (Lipinski definition) is 2. The Morgan fingerprint density at radius 3 is 2.79 bits per heavy atom. The molecule has 2 heteroatoms. The highest BCUT2D eigenvalue weighted by molar-refractivity contribution is 4.82. The van der Waals surface area contributed by atoms with Crippen LogP contribution in [0.1, 0.15) is 46.0 Å². The number of rotatable bonds is 5. The summed E-state index contributed by atoms with van der Waals surface area (Å²) in [7, 11) is 0. The standard InChI is InChI=1S/C12H24O2/c1-3-5-11(2)8-12(9-13)6-4-7-14-10-12/h11,13H,3-10H2,1-2H3. The molecule has 0 aromatic rings. The maximum absolute atomic E-state index is 9.48. The van der Waals surface area contributed by atoms with Crippen molar-refractivity contribution < 1.29 is 9.84 Å². The summed E-state index contributed by atoms with van der Waals surface area (Å²) in [6.07, 6.45) is 5.87. The van der Waals surface area contributed by atoms with Gasteiger partial charge >= 0.3 is 0 Å². The lowest BCUT2D eigenvalue weighted by atomic mass is 9.75. The zero-order valence-electron chi connectivity index (χ0n) is 9.59. The third-order valence-electron chi connectivity index (χ3n) is 3.30.